The smallest absolute Gasteiger partial charge is 0.122 e. The molecule has 0 unspecified atom stereocenters. The fourth-order valence-corrected chi connectivity index (χ4v) is 2.92. The molecule has 18 heavy (non-hydrogen) atoms. The Balaban J connectivity index is 1.61. The molecule has 1 N–H and O–H groups in total. The number of hydrogen-bond donors (Lipinski definition) is 1. The molecule has 0 amide bonds. The van der Waals surface area contributed by atoms with Crippen molar-refractivity contribution >= 4 is 0 Å². The molecule has 1 saturated carbocycles. The second kappa shape index (κ2) is 6.93. The van der Waals surface area contributed by atoms with Crippen LogP contribution in [0.4, 0.5) is 0 Å². The van der Waals surface area contributed by atoms with Gasteiger partial charge in [-0.2, -0.15) is 0 Å². The van der Waals surface area contributed by atoms with Crippen molar-refractivity contribution in [1.82, 2.24) is 14.9 Å². The highest BCUT2D eigenvalue weighted by Gasteiger charge is 2.17. The molecule has 1 fully saturated rings. The van der Waals surface area contributed by atoms with Gasteiger partial charge < -0.3 is 9.88 Å². The number of nitrogens with zero attached hydrogens (tertiary/aromatic N) is 2. The number of rotatable bonds is 6. The number of hydrogen-bond acceptors (Lipinski definition) is 2. The maximum absolute atomic E-state index is 4.38. The first-order valence-electron chi connectivity index (χ1n) is 7.50. The minimum absolute atomic E-state index is 0.907. The largest absolute Gasteiger partial charge is 0.334 e. The lowest BCUT2D eigenvalue weighted by atomic mass is 9.81. The maximum atomic E-state index is 4.38. The molecule has 0 aromatic carbocycles. The van der Waals surface area contributed by atoms with Crippen LogP contribution in [-0.4, -0.2) is 16.1 Å². The predicted octanol–water partition coefficient (Wildman–Crippen LogP) is 3.21. The van der Waals surface area contributed by atoms with Gasteiger partial charge in [0.25, 0.3) is 0 Å². The monoisotopic (exact) mass is 249 g/mol. The van der Waals surface area contributed by atoms with E-state index in [1.165, 1.54) is 32.1 Å². The Bertz CT molecular complexity index is 337. The molecule has 1 aliphatic carbocycles. The van der Waals surface area contributed by atoms with Crippen molar-refractivity contribution in [1.29, 1.82) is 0 Å². The zero-order chi connectivity index (χ0) is 12.8. The van der Waals surface area contributed by atoms with E-state index in [9.17, 15) is 0 Å². The standard InChI is InChI=1S/C15H27N3/c1-3-18-11-10-17-15(18)12-16-9-8-14-6-4-13(2)5-7-14/h10-11,13-14,16H,3-9,12H2,1-2H3. The van der Waals surface area contributed by atoms with E-state index in [1.54, 1.807) is 0 Å². The summed E-state index contributed by atoms with van der Waals surface area (Å²) in [7, 11) is 0. The molecule has 1 aromatic heterocycles. The third kappa shape index (κ3) is 3.84. The van der Waals surface area contributed by atoms with Crippen LogP contribution in [0.3, 0.4) is 0 Å². The van der Waals surface area contributed by atoms with Crippen molar-refractivity contribution in [3.8, 4) is 0 Å². The average molecular weight is 249 g/mol. The highest BCUT2D eigenvalue weighted by Crippen LogP contribution is 2.29. The second-order valence-corrected chi connectivity index (χ2v) is 5.72. The van der Waals surface area contributed by atoms with Gasteiger partial charge in [0.1, 0.15) is 5.82 Å². The highest BCUT2D eigenvalue weighted by molar-refractivity contribution is 4.91. The van der Waals surface area contributed by atoms with Gasteiger partial charge in [0, 0.05) is 18.9 Å². The second-order valence-electron chi connectivity index (χ2n) is 5.72. The zero-order valence-corrected chi connectivity index (χ0v) is 11.9. The van der Waals surface area contributed by atoms with Crippen LogP contribution in [0.2, 0.25) is 0 Å². The molecule has 1 heterocycles. The molecular weight excluding hydrogens is 222 g/mol. The Hall–Kier alpha value is -0.830. The minimum Gasteiger partial charge on any atom is -0.334 e. The Morgan fingerprint density at radius 1 is 1.33 bits per heavy atom. The topological polar surface area (TPSA) is 29.9 Å². The fourth-order valence-electron chi connectivity index (χ4n) is 2.92. The number of aryl methyl sites for hydroxylation is 1. The van der Waals surface area contributed by atoms with Crippen molar-refractivity contribution < 1.29 is 0 Å². The fraction of sp³-hybridized carbons (Fsp3) is 0.800. The van der Waals surface area contributed by atoms with E-state index in [0.717, 1.165) is 37.3 Å². The van der Waals surface area contributed by atoms with Gasteiger partial charge in [-0.05, 0) is 31.7 Å². The number of aromatic nitrogens is 2. The quantitative estimate of drug-likeness (QED) is 0.785. The minimum atomic E-state index is 0.907. The predicted molar refractivity (Wildman–Crippen MR) is 75.3 cm³/mol. The first-order chi connectivity index (χ1) is 8.79. The van der Waals surface area contributed by atoms with E-state index < -0.39 is 0 Å². The van der Waals surface area contributed by atoms with Gasteiger partial charge in [-0.3, -0.25) is 0 Å². The maximum Gasteiger partial charge on any atom is 0.122 e. The van der Waals surface area contributed by atoms with E-state index in [2.05, 4.69) is 34.9 Å². The summed E-state index contributed by atoms with van der Waals surface area (Å²) in [6.45, 7) is 7.60. The number of nitrogens with one attached hydrogen (secondary N) is 1. The van der Waals surface area contributed by atoms with Crippen molar-refractivity contribution in [3.05, 3.63) is 18.2 Å². The Labute approximate surface area is 111 Å². The molecule has 1 aliphatic rings. The lowest BCUT2D eigenvalue weighted by Gasteiger charge is -2.26. The van der Waals surface area contributed by atoms with Crippen molar-refractivity contribution in [2.24, 2.45) is 11.8 Å². The SMILES string of the molecule is CCn1ccnc1CNCCC1CCC(C)CC1. The third-order valence-corrected chi connectivity index (χ3v) is 4.29. The van der Waals surface area contributed by atoms with Crippen molar-refractivity contribution in [2.75, 3.05) is 6.54 Å². The van der Waals surface area contributed by atoms with Crippen LogP contribution in [-0.2, 0) is 13.1 Å². The van der Waals surface area contributed by atoms with E-state index in [1.807, 2.05) is 6.20 Å². The highest BCUT2D eigenvalue weighted by atomic mass is 15.1. The van der Waals surface area contributed by atoms with Crippen LogP contribution in [0, 0.1) is 11.8 Å². The van der Waals surface area contributed by atoms with Gasteiger partial charge in [0.2, 0.25) is 0 Å². The summed E-state index contributed by atoms with van der Waals surface area (Å²) in [6, 6.07) is 0. The van der Waals surface area contributed by atoms with Crippen LogP contribution in [0.5, 0.6) is 0 Å². The van der Waals surface area contributed by atoms with Gasteiger partial charge in [-0.15, -0.1) is 0 Å². The Morgan fingerprint density at radius 3 is 2.83 bits per heavy atom. The Kier molecular flexibility index (Phi) is 5.24. The van der Waals surface area contributed by atoms with Gasteiger partial charge in [0.05, 0.1) is 6.54 Å². The van der Waals surface area contributed by atoms with Crippen LogP contribution >= 0.6 is 0 Å². The summed E-state index contributed by atoms with van der Waals surface area (Å²) in [6.07, 6.45) is 11.0. The van der Waals surface area contributed by atoms with Crippen LogP contribution < -0.4 is 5.32 Å². The molecule has 2 rings (SSSR count). The lowest BCUT2D eigenvalue weighted by molar-refractivity contribution is 0.275. The Morgan fingerprint density at radius 2 is 2.11 bits per heavy atom. The van der Waals surface area contributed by atoms with Gasteiger partial charge in [-0.1, -0.05) is 32.6 Å². The first-order valence-corrected chi connectivity index (χ1v) is 7.50. The van der Waals surface area contributed by atoms with E-state index >= 15 is 0 Å². The molecule has 1 aromatic rings. The first kappa shape index (κ1) is 13.6. The summed E-state index contributed by atoms with van der Waals surface area (Å²) in [5.74, 6) is 3.08. The van der Waals surface area contributed by atoms with E-state index in [0.29, 0.717) is 0 Å². The van der Waals surface area contributed by atoms with Crippen LogP contribution in [0.25, 0.3) is 0 Å². The summed E-state index contributed by atoms with van der Waals surface area (Å²) in [5, 5.41) is 3.54. The van der Waals surface area contributed by atoms with Gasteiger partial charge >= 0.3 is 0 Å². The van der Waals surface area contributed by atoms with E-state index in [4.69, 9.17) is 0 Å². The molecule has 0 spiro atoms. The third-order valence-electron chi connectivity index (χ3n) is 4.29. The van der Waals surface area contributed by atoms with E-state index in [-0.39, 0.29) is 0 Å². The molecule has 0 saturated heterocycles. The van der Waals surface area contributed by atoms with Gasteiger partial charge in [0.15, 0.2) is 0 Å². The average Bonchev–Trinajstić information content (AvgIpc) is 2.84. The zero-order valence-electron chi connectivity index (χ0n) is 11.9. The van der Waals surface area contributed by atoms with Crippen molar-refractivity contribution in [2.45, 2.75) is 59.0 Å². The molecule has 3 nitrogen and oxygen atoms in total. The summed E-state index contributed by atoms with van der Waals surface area (Å²) in [5.41, 5.74) is 0. The lowest BCUT2D eigenvalue weighted by Crippen LogP contribution is -2.22. The molecular formula is C15H27N3. The summed E-state index contributed by atoms with van der Waals surface area (Å²) < 4.78 is 2.20. The van der Waals surface area contributed by atoms with Crippen molar-refractivity contribution in [3.63, 3.8) is 0 Å². The van der Waals surface area contributed by atoms with Gasteiger partial charge in [-0.25, -0.2) is 4.98 Å². The summed E-state index contributed by atoms with van der Waals surface area (Å²) >= 11 is 0. The molecule has 0 atom stereocenters. The molecule has 102 valence electrons. The van der Waals surface area contributed by atoms with Crippen LogP contribution in [0.1, 0.15) is 51.8 Å². The normalized spacial score (nSPS) is 24.3. The molecule has 0 aliphatic heterocycles. The molecule has 0 radical (unpaired) electrons. The summed E-state index contributed by atoms with van der Waals surface area (Å²) in [4.78, 5) is 4.38. The molecule has 0 bridgehead atoms. The number of imidazole rings is 1. The van der Waals surface area contributed by atoms with Crippen LogP contribution in [0.15, 0.2) is 12.4 Å². The molecule has 3 heteroatoms.